The van der Waals surface area contributed by atoms with Crippen molar-refractivity contribution in [2.45, 2.75) is 19.4 Å². The van der Waals surface area contributed by atoms with Crippen LogP contribution in [0.3, 0.4) is 0 Å². The Balaban J connectivity index is 2.38. The van der Waals surface area contributed by atoms with E-state index in [1.165, 1.54) is 5.56 Å². The summed E-state index contributed by atoms with van der Waals surface area (Å²) < 4.78 is 0. The Kier molecular flexibility index (Phi) is 2.35. The summed E-state index contributed by atoms with van der Waals surface area (Å²) in [5, 5.41) is 0. The molecule has 0 fully saturated rings. The molecule has 0 spiro atoms. The number of fused-ring (bicyclic) bond motifs is 1. The van der Waals surface area contributed by atoms with Crippen LogP contribution in [0.4, 0.5) is 5.69 Å². The minimum atomic E-state index is 0.204. The fourth-order valence-corrected chi connectivity index (χ4v) is 1.96. The van der Waals surface area contributed by atoms with Gasteiger partial charge in [0.05, 0.1) is 6.04 Å². The van der Waals surface area contributed by atoms with Gasteiger partial charge in [-0.25, -0.2) is 0 Å². The van der Waals surface area contributed by atoms with Gasteiger partial charge in [0, 0.05) is 5.69 Å². The summed E-state index contributed by atoms with van der Waals surface area (Å²) in [5.41, 5.74) is 2.30. The van der Waals surface area contributed by atoms with Crippen molar-refractivity contribution in [3.8, 4) is 0 Å². The third-order valence-electron chi connectivity index (χ3n) is 2.58. The molecule has 0 bridgehead atoms. The second kappa shape index (κ2) is 3.66. The molecular formula is C12H13NO. The van der Waals surface area contributed by atoms with Crippen LogP contribution in [0.25, 0.3) is 0 Å². The lowest BCUT2D eigenvalue weighted by atomic mass is 10.1. The number of rotatable bonds is 2. The first-order valence-electron chi connectivity index (χ1n) is 4.81. The van der Waals surface area contributed by atoms with Crippen molar-refractivity contribution < 1.29 is 4.79 Å². The van der Waals surface area contributed by atoms with E-state index in [9.17, 15) is 4.79 Å². The number of benzene rings is 1. The van der Waals surface area contributed by atoms with Crippen molar-refractivity contribution in [1.82, 2.24) is 0 Å². The summed E-state index contributed by atoms with van der Waals surface area (Å²) in [6, 6.07) is 8.25. The Morgan fingerprint density at radius 3 is 2.93 bits per heavy atom. The third-order valence-corrected chi connectivity index (χ3v) is 2.58. The summed E-state index contributed by atoms with van der Waals surface area (Å²) in [6.45, 7) is 1.98. The Morgan fingerprint density at radius 2 is 2.21 bits per heavy atom. The number of hydrogen-bond donors (Lipinski definition) is 0. The normalized spacial score (nSPS) is 20.1. The lowest BCUT2D eigenvalue weighted by Gasteiger charge is -2.16. The molecule has 2 nitrogen and oxygen atoms in total. The van der Waals surface area contributed by atoms with Crippen molar-refractivity contribution in [3.05, 3.63) is 42.0 Å². The lowest BCUT2D eigenvalue weighted by Crippen LogP contribution is -2.28. The lowest BCUT2D eigenvalue weighted by molar-refractivity contribution is -0.107. The van der Waals surface area contributed by atoms with Gasteiger partial charge in [0.2, 0.25) is 6.41 Å². The quantitative estimate of drug-likeness (QED) is 0.513. The molecule has 0 saturated carbocycles. The van der Waals surface area contributed by atoms with Crippen LogP contribution in [0.15, 0.2) is 36.4 Å². The van der Waals surface area contributed by atoms with Crippen LogP contribution in [-0.4, -0.2) is 12.5 Å². The van der Waals surface area contributed by atoms with Crippen molar-refractivity contribution in [2.24, 2.45) is 0 Å². The molecule has 1 aliphatic heterocycles. The number of hydrogen-bond acceptors (Lipinski definition) is 1. The molecular weight excluding hydrogens is 174 g/mol. The van der Waals surface area contributed by atoms with Gasteiger partial charge in [-0.1, -0.05) is 30.4 Å². The van der Waals surface area contributed by atoms with E-state index in [1.54, 1.807) is 4.90 Å². The molecule has 0 radical (unpaired) electrons. The van der Waals surface area contributed by atoms with Crippen molar-refractivity contribution >= 4 is 12.1 Å². The molecule has 1 amide bonds. The summed E-state index contributed by atoms with van der Waals surface area (Å²) in [4.78, 5) is 12.7. The summed E-state index contributed by atoms with van der Waals surface area (Å²) in [6.07, 6.45) is 5.90. The molecule has 1 atom stereocenters. The van der Waals surface area contributed by atoms with Gasteiger partial charge in [-0.3, -0.25) is 4.79 Å². The van der Waals surface area contributed by atoms with Gasteiger partial charge < -0.3 is 4.90 Å². The fraction of sp³-hybridized carbons (Fsp3) is 0.250. The Morgan fingerprint density at radius 1 is 1.43 bits per heavy atom. The fourth-order valence-electron chi connectivity index (χ4n) is 1.96. The van der Waals surface area contributed by atoms with E-state index >= 15 is 0 Å². The van der Waals surface area contributed by atoms with Gasteiger partial charge in [0.25, 0.3) is 0 Å². The van der Waals surface area contributed by atoms with Gasteiger partial charge in [-0.2, -0.15) is 0 Å². The maximum Gasteiger partial charge on any atom is 0.214 e. The zero-order valence-electron chi connectivity index (χ0n) is 8.18. The molecule has 72 valence electrons. The highest BCUT2D eigenvalue weighted by molar-refractivity contribution is 5.81. The number of nitrogens with zero attached hydrogens (tertiary/aromatic N) is 1. The minimum Gasteiger partial charge on any atom is -0.307 e. The summed E-state index contributed by atoms with van der Waals surface area (Å²) in [5.74, 6) is 0. The monoisotopic (exact) mass is 187 g/mol. The van der Waals surface area contributed by atoms with Crippen LogP contribution in [0.1, 0.15) is 12.5 Å². The summed E-state index contributed by atoms with van der Waals surface area (Å²) in [7, 11) is 0. The average molecular weight is 187 g/mol. The minimum absolute atomic E-state index is 0.204. The highest BCUT2D eigenvalue weighted by Crippen LogP contribution is 2.30. The van der Waals surface area contributed by atoms with Gasteiger partial charge in [0.15, 0.2) is 0 Å². The van der Waals surface area contributed by atoms with Crippen LogP contribution >= 0.6 is 0 Å². The molecule has 14 heavy (non-hydrogen) atoms. The van der Waals surface area contributed by atoms with E-state index in [4.69, 9.17) is 0 Å². The van der Waals surface area contributed by atoms with E-state index in [2.05, 4.69) is 12.1 Å². The first-order chi connectivity index (χ1) is 6.86. The highest BCUT2D eigenvalue weighted by Gasteiger charge is 2.25. The molecule has 0 aromatic heterocycles. The van der Waals surface area contributed by atoms with Gasteiger partial charge >= 0.3 is 0 Å². The molecule has 1 aromatic rings. The number of allylic oxidation sites excluding steroid dienone is 1. The van der Waals surface area contributed by atoms with Gasteiger partial charge in [-0.05, 0) is 25.0 Å². The summed E-state index contributed by atoms with van der Waals surface area (Å²) >= 11 is 0. The number of amides is 1. The number of carbonyl (C=O) groups excluding carboxylic acids is 1. The zero-order chi connectivity index (χ0) is 9.97. The van der Waals surface area contributed by atoms with Crippen LogP contribution in [0, 0.1) is 0 Å². The van der Waals surface area contributed by atoms with Crippen LogP contribution in [-0.2, 0) is 11.2 Å². The van der Waals surface area contributed by atoms with Crippen molar-refractivity contribution in [2.75, 3.05) is 4.90 Å². The molecule has 1 aromatic carbocycles. The Bertz CT molecular complexity index is 370. The molecule has 2 heteroatoms. The van der Waals surface area contributed by atoms with E-state index < -0.39 is 0 Å². The predicted octanol–water partition coefficient (Wildman–Crippen LogP) is 2.15. The topological polar surface area (TPSA) is 20.3 Å². The number of carbonyl (C=O) groups is 1. The van der Waals surface area contributed by atoms with E-state index in [0.29, 0.717) is 0 Å². The third kappa shape index (κ3) is 1.33. The Hall–Kier alpha value is -1.57. The molecule has 1 aliphatic rings. The standard InChI is InChI=1S/C12H13NO/c1-2-5-11-8-10-6-3-4-7-12(10)13(11)9-14/h2-7,9,11H,8H2,1H3. The largest absolute Gasteiger partial charge is 0.307 e. The van der Waals surface area contributed by atoms with Gasteiger partial charge in [0.1, 0.15) is 0 Å². The first kappa shape index (κ1) is 9.00. The SMILES string of the molecule is CC=CC1Cc2ccccc2N1C=O. The number of para-hydroxylation sites is 1. The number of anilines is 1. The highest BCUT2D eigenvalue weighted by atomic mass is 16.1. The average Bonchev–Trinajstić information content (AvgIpc) is 2.55. The molecule has 0 aliphatic carbocycles. The molecule has 2 rings (SSSR count). The van der Waals surface area contributed by atoms with Crippen molar-refractivity contribution in [1.29, 1.82) is 0 Å². The molecule has 0 saturated heterocycles. The van der Waals surface area contributed by atoms with E-state index in [-0.39, 0.29) is 6.04 Å². The van der Waals surface area contributed by atoms with E-state index in [0.717, 1.165) is 18.5 Å². The smallest absolute Gasteiger partial charge is 0.214 e. The maximum absolute atomic E-state index is 10.9. The van der Waals surface area contributed by atoms with Crippen LogP contribution in [0.2, 0.25) is 0 Å². The first-order valence-corrected chi connectivity index (χ1v) is 4.81. The molecule has 0 N–H and O–H groups in total. The second-order valence-corrected chi connectivity index (χ2v) is 3.44. The Labute approximate surface area is 83.8 Å². The molecule has 1 unspecified atom stereocenters. The van der Waals surface area contributed by atoms with Crippen LogP contribution < -0.4 is 4.90 Å². The van der Waals surface area contributed by atoms with Crippen molar-refractivity contribution in [3.63, 3.8) is 0 Å². The van der Waals surface area contributed by atoms with Crippen LogP contribution in [0.5, 0.6) is 0 Å². The molecule has 1 heterocycles. The van der Waals surface area contributed by atoms with E-state index in [1.807, 2.05) is 31.2 Å². The maximum atomic E-state index is 10.9. The predicted molar refractivity (Wildman–Crippen MR) is 57.3 cm³/mol. The van der Waals surface area contributed by atoms with Gasteiger partial charge in [-0.15, -0.1) is 0 Å². The zero-order valence-corrected chi connectivity index (χ0v) is 8.18. The second-order valence-electron chi connectivity index (χ2n) is 3.44.